The van der Waals surface area contributed by atoms with Crippen LogP contribution in [-0.4, -0.2) is 9.97 Å². The third-order valence-electron chi connectivity index (χ3n) is 2.97. The van der Waals surface area contributed by atoms with Crippen molar-refractivity contribution in [3.8, 4) is 0 Å². The van der Waals surface area contributed by atoms with Crippen molar-refractivity contribution in [1.29, 1.82) is 0 Å². The molecule has 102 valence electrons. The first-order chi connectivity index (χ1) is 9.69. The SMILES string of the molecule is Cc1c(Cl)cccc1Nc1nc(NN)nc2sccc12. The molecule has 0 saturated heterocycles. The summed E-state index contributed by atoms with van der Waals surface area (Å²) in [5, 5.41) is 6.92. The van der Waals surface area contributed by atoms with Gasteiger partial charge in [-0.3, -0.25) is 5.43 Å². The fraction of sp³-hybridized carbons (Fsp3) is 0.0769. The Morgan fingerprint density at radius 2 is 2.10 bits per heavy atom. The third-order valence-corrected chi connectivity index (χ3v) is 4.19. The Balaban J connectivity index is 2.10. The number of nitrogens with zero attached hydrogens (tertiary/aromatic N) is 2. The number of hydrogen-bond acceptors (Lipinski definition) is 6. The number of rotatable bonds is 3. The van der Waals surface area contributed by atoms with Gasteiger partial charge in [-0.1, -0.05) is 17.7 Å². The lowest BCUT2D eigenvalue weighted by atomic mass is 10.2. The Labute approximate surface area is 124 Å². The number of nitrogens with two attached hydrogens (primary N) is 1. The minimum atomic E-state index is 0.377. The fourth-order valence-corrected chi connectivity index (χ4v) is 2.82. The number of fused-ring (bicyclic) bond motifs is 1. The Hall–Kier alpha value is -1.89. The summed E-state index contributed by atoms with van der Waals surface area (Å²) in [6, 6.07) is 7.68. The van der Waals surface area contributed by atoms with Gasteiger partial charge in [0.15, 0.2) is 0 Å². The summed E-state index contributed by atoms with van der Waals surface area (Å²) in [4.78, 5) is 9.53. The first-order valence-electron chi connectivity index (χ1n) is 5.93. The lowest BCUT2D eigenvalue weighted by molar-refractivity contribution is 1.16. The quantitative estimate of drug-likeness (QED) is 0.508. The molecule has 20 heavy (non-hydrogen) atoms. The summed E-state index contributed by atoms with van der Waals surface area (Å²) in [6.45, 7) is 1.96. The van der Waals surface area contributed by atoms with Crippen LogP contribution in [0.3, 0.4) is 0 Å². The number of thiophene rings is 1. The van der Waals surface area contributed by atoms with E-state index in [4.69, 9.17) is 17.4 Å². The summed E-state index contributed by atoms with van der Waals surface area (Å²) in [7, 11) is 0. The van der Waals surface area contributed by atoms with E-state index in [1.165, 1.54) is 11.3 Å². The molecule has 0 aliphatic heterocycles. The molecular formula is C13H12ClN5S. The van der Waals surface area contributed by atoms with Crippen molar-refractivity contribution in [3.63, 3.8) is 0 Å². The molecule has 2 aromatic heterocycles. The van der Waals surface area contributed by atoms with Crippen molar-refractivity contribution in [3.05, 3.63) is 40.2 Å². The number of anilines is 3. The zero-order valence-electron chi connectivity index (χ0n) is 10.6. The van der Waals surface area contributed by atoms with E-state index in [9.17, 15) is 0 Å². The van der Waals surface area contributed by atoms with Crippen molar-refractivity contribution < 1.29 is 0 Å². The van der Waals surface area contributed by atoms with Crippen LogP contribution < -0.4 is 16.6 Å². The predicted molar refractivity (Wildman–Crippen MR) is 84.7 cm³/mol. The van der Waals surface area contributed by atoms with Crippen molar-refractivity contribution in [1.82, 2.24) is 9.97 Å². The molecule has 0 aliphatic carbocycles. The number of aromatic nitrogens is 2. The fourth-order valence-electron chi connectivity index (χ4n) is 1.89. The van der Waals surface area contributed by atoms with Crippen LogP contribution >= 0.6 is 22.9 Å². The van der Waals surface area contributed by atoms with Gasteiger partial charge in [-0.05, 0) is 36.1 Å². The van der Waals surface area contributed by atoms with Gasteiger partial charge in [0.05, 0.1) is 5.39 Å². The zero-order chi connectivity index (χ0) is 14.1. The molecule has 0 spiro atoms. The van der Waals surface area contributed by atoms with E-state index in [1.54, 1.807) is 0 Å². The second kappa shape index (κ2) is 5.24. The highest BCUT2D eigenvalue weighted by Crippen LogP contribution is 2.31. The summed E-state index contributed by atoms with van der Waals surface area (Å²) in [5.74, 6) is 6.49. The molecule has 2 heterocycles. The summed E-state index contributed by atoms with van der Waals surface area (Å²) >= 11 is 7.67. The van der Waals surface area contributed by atoms with Crippen LogP contribution in [-0.2, 0) is 0 Å². The monoisotopic (exact) mass is 305 g/mol. The largest absolute Gasteiger partial charge is 0.339 e. The number of hydrazine groups is 1. The highest BCUT2D eigenvalue weighted by molar-refractivity contribution is 7.16. The molecule has 3 rings (SSSR count). The average molecular weight is 306 g/mol. The lowest BCUT2D eigenvalue weighted by Gasteiger charge is -2.11. The number of hydrogen-bond donors (Lipinski definition) is 3. The molecule has 7 heteroatoms. The van der Waals surface area contributed by atoms with E-state index < -0.39 is 0 Å². The van der Waals surface area contributed by atoms with Crippen LogP contribution in [0.25, 0.3) is 10.2 Å². The van der Waals surface area contributed by atoms with E-state index in [0.717, 1.165) is 21.5 Å². The van der Waals surface area contributed by atoms with Gasteiger partial charge in [-0.2, -0.15) is 4.98 Å². The average Bonchev–Trinajstić information content (AvgIpc) is 2.92. The maximum Gasteiger partial charge on any atom is 0.240 e. The molecule has 0 amide bonds. The number of halogens is 1. The summed E-state index contributed by atoms with van der Waals surface area (Å²) < 4.78 is 0. The molecule has 0 radical (unpaired) electrons. The summed E-state index contributed by atoms with van der Waals surface area (Å²) in [6.07, 6.45) is 0. The van der Waals surface area contributed by atoms with Gasteiger partial charge in [0.25, 0.3) is 0 Å². The predicted octanol–water partition coefficient (Wildman–Crippen LogP) is 3.68. The standard InChI is InChI=1S/C13H12ClN5S/c1-7-9(14)3-2-4-10(7)16-11-8-5-6-20-12(8)18-13(17-11)19-15/h2-6H,15H2,1H3,(H2,16,17,18,19). The minimum absolute atomic E-state index is 0.377. The molecule has 0 unspecified atom stereocenters. The molecule has 4 N–H and O–H groups in total. The molecule has 0 bridgehead atoms. The van der Waals surface area contributed by atoms with Gasteiger partial charge >= 0.3 is 0 Å². The van der Waals surface area contributed by atoms with Gasteiger partial charge in [0.2, 0.25) is 5.95 Å². The Bertz CT molecular complexity index is 771. The third kappa shape index (κ3) is 2.29. The second-order valence-electron chi connectivity index (χ2n) is 4.22. The molecule has 1 aromatic carbocycles. The molecule has 5 nitrogen and oxygen atoms in total. The van der Waals surface area contributed by atoms with Crippen LogP contribution in [0.4, 0.5) is 17.5 Å². The Morgan fingerprint density at radius 1 is 1.25 bits per heavy atom. The first-order valence-corrected chi connectivity index (χ1v) is 7.19. The van der Waals surface area contributed by atoms with E-state index >= 15 is 0 Å². The van der Waals surface area contributed by atoms with Crippen LogP contribution in [0.1, 0.15) is 5.56 Å². The highest BCUT2D eigenvalue weighted by atomic mass is 35.5. The van der Waals surface area contributed by atoms with Crippen molar-refractivity contribution in [2.75, 3.05) is 10.7 Å². The number of nitrogens with one attached hydrogen (secondary N) is 2. The molecular weight excluding hydrogens is 294 g/mol. The zero-order valence-corrected chi connectivity index (χ0v) is 12.2. The maximum atomic E-state index is 6.13. The smallest absolute Gasteiger partial charge is 0.240 e. The number of benzene rings is 1. The van der Waals surface area contributed by atoms with Crippen LogP contribution in [0.15, 0.2) is 29.6 Å². The van der Waals surface area contributed by atoms with Crippen LogP contribution in [0.5, 0.6) is 0 Å². The van der Waals surface area contributed by atoms with Crippen molar-refractivity contribution >= 4 is 50.6 Å². The molecule has 0 atom stereocenters. The number of nitrogen functional groups attached to an aromatic ring is 1. The molecule has 0 fully saturated rings. The second-order valence-corrected chi connectivity index (χ2v) is 5.52. The van der Waals surface area contributed by atoms with Crippen molar-refractivity contribution in [2.45, 2.75) is 6.92 Å². The Kier molecular flexibility index (Phi) is 3.43. The van der Waals surface area contributed by atoms with Crippen LogP contribution in [0.2, 0.25) is 5.02 Å². The highest BCUT2D eigenvalue weighted by Gasteiger charge is 2.10. The van der Waals surface area contributed by atoms with Gasteiger partial charge in [-0.15, -0.1) is 11.3 Å². The molecule has 0 saturated carbocycles. The van der Waals surface area contributed by atoms with Gasteiger partial charge in [0.1, 0.15) is 10.6 Å². The van der Waals surface area contributed by atoms with E-state index in [0.29, 0.717) is 16.8 Å². The van der Waals surface area contributed by atoms with E-state index in [2.05, 4.69) is 20.7 Å². The van der Waals surface area contributed by atoms with Gasteiger partial charge < -0.3 is 5.32 Å². The molecule has 0 aliphatic rings. The van der Waals surface area contributed by atoms with E-state index in [1.807, 2.05) is 36.6 Å². The minimum Gasteiger partial charge on any atom is -0.339 e. The van der Waals surface area contributed by atoms with Gasteiger partial charge in [0, 0.05) is 10.7 Å². The summed E-state index contributed by atoms with van der Waals surface area (Å²) in [5.41, 5.74) is 4.36. The first kappa shape index (κ1) is 13.1. The maximum absolute atomic E-state index is 6.13. The lowest BCUT2D eigenvalue weighted by Crippen LogP contribution is -2.11. The Morgan fingerprint density at radius 3 is 2.90 bits per heavy atom. The topological polar surface area (TPSA) is 75.9 Å². The van der Waals surface area contributed by atoms with E-state index in [-0.39, 0.29) is 0 Å². The van der Waals surface area contributed by atoms with Gasteiger partial charge in [-0.25, -0.2) is 10.8 Å². The molecule has 3 aromatic rings. The van der Waals surface area contributed by atoms with Crippen LogP contribution in [0, 0.1) is 6.92 Å². The van der Waals surface area contributed by atoms with Crippen molar-refractivity contribution in [2.24, 2.45) is 5.84 Å². The normalized spacial score (nSPS) is 10.8.